The number of rotatable bonds is 2. The van der Waals surface area contributed by atoms with Gasteiger partial charge in [0.25, 0.3) is 0 Å². The summed E-state index contributed by atoms with van der Waals surface area (Å²) in [4.78, 5) is 10.5. The molecule has 0 amide bonds. The molecule has 13 heavy (non-hydrogen) atoms. The predicted octanol–water partition coefficient (Wildman–Crippen LogP) is 1.20. The van der Waals surface area contributed by atoms with Crippen LogP contribution in [0.5, 0.6) is 0 Å². The molecule has 0 saturated heterocycles. The van der Waals surface area contributed by atoms with E-state index in [1.165, 1.54) is 0 Å². The Morgan fingerprint density at radius 1 is 1.38 bits per heavy atom. The van der Waals surface area contributed by atoms with E-state index >= 15 is 0 Å². The van der Waals surface area contributed by atoms with Gasteiger partial charge in [0.15, 0.2) is 0 Å². The zero-order valence-electron chi connectivity index (χ0n) is 7.10. The van der Waals surface area contributed by atoms with Crippen molar-refractivity contribution in [1.29, 1.82) is 0 Å². The second kappa shape index (κ2) is 2.85. The molecule has 0 spiro atoms. The van der Waals surface area contributed by atoms with Gasteiger partial charge in [-0.15, -0.1) is 0 Å². The third kappa shape index (κ3) is 1.55. The largest absolute Gasteiger partial charge is 0.478 e. The molecule has 2 atom stereocenters. The number of carboxylic acids is 1. The number of carbonyl (C=O) groups is 1. The van der Waals surface area contributed by atoms with E-state index in [1.807, 2.05) is 12.1 Å². The summed E-state index contributed by atoms with van der Waals surface area (Å²) in [6.45, 7) is 0. The Labute approximate surface area is 76.2 Å². The monoisotopic (exact) mass is 177 g/mol. The average Bonchev–Trinajstić information content (AvgIpc) is 2.83. The maximum Gasteiger partial charge on any atom is 0.335 e. The summed E-state index contributed by atoms with van der Waals surface area (Å²) in [5, 5.41) is 8.66. The summed E-state index contributed by atoms with van der Waals surface area (Å²) in [6, 6.07) is 7.23. The van der Waals surface area contributed by atoms with Crippen LogP contribution in [-0.4, -0.2) is 17.1 Å². The first-order chi connectivity index (χ1) is 6.18. The maximum atomic E-state index is 10.5. The van der Waals surface area contributed by atoms with Gasteiger partial charge in [-0.3, -0.25) is 0 Å². The Bertz CT molecular complexity index is 331. The van der Waals surface area contributed by atoms with Crippen LogP contribution >= 0.6 is 0 Å². The molecule has 1 aromatic rings. The van der Waals surface area contributed by atoms with Gasteiger partial charge < -0.3 is 10.8 Å². The van der Waals surface area contributed by atoms with Gasteiger partial charge in [-0.25, -0.2) is 4.79 Å². The number of carboxylic acid groups (broad SMARTS) is 1. The van der Waals surface area contributed by atoms with E-state index in [1.54, 1.807) is 12.1 Å². The van der Waals surface area contributed by atoms with E-state index < -0.39 is 5.97 Å². The Morgan fingerprint density at radius 3 is 2.31 bits per heavy atom. The van der Waals surface area contributed by atoms with Crippen molar-refractivity contribution in [3.63, 3.8) is 0 Å². The minimum Gasteiger partial charge on any atom is -0.478 e. The molecule has 2 rings (SSSR count). The van der Waals surface area contributed by atoms with Gasteiger partial charge in [0.05, 0.1) is 5.56 Å². The van der Waals surface area contributed by atoms with Crippen molar-refractivity contribution in [2.45, 2.75) is 18.4 Å². The Morgan fingerprint density at radius 2 is 1.92 bits per heavy atom. The van der Waals surface area contributed by atoms with Gasteiger partial charge in [0, 0.05) is 12.0 Å². The minimum atomic E-state index is -0.883. The van der Waals surface area contributed by atoms with E-state index in [4.69, 9.17) is 10.8 Å². The van der Waals surface area contributed by atoms with Crippen LogP contribution in [0, 0.1) is 0 Å². The molecule has 1 saturated carbocycles. The van der Waals surface area contributed by atoms with Gasteiger partial charge in [-0.05, 0) is 24.1 Å². The normalized spacial score (nSPS) is 25.6. The van der Waals surface area contributed by atoms with E-state index in [2.05, 4.69) is 0 Å². The summed E-state index contributed by atoms with van der Waals surface area (Å²) in [5.41, 5.74) is 7.16. The van der Waals surface area contributed by atoms with Crippen LogP contribution in [0.2, 0.25) is 0 Å². The van der Waals surface area contributed by atoms with Crippen LogP contribution in [0.15, 0.2) is 24.3 Å². The van der Waals surface area contributed by atoms with E-state index in [0.717, 1.165) is 12.0 Å². The Balaban J connectivity index is 2.19. The molecule has 1 aliphatic carbocycles. The number of nitrogens with two attached hydrogens (primary N) is 1. The third-order valence-corrected chi connectivity index (χ3v) is 2.43. The lowest BCUT2D eigenvalue weighted by molar-refractivity contribution is 0.0697. The molecule has 1 aromatic carbocycles. The van der Waals surface area contributed by atoms with E-state index in [0.29, 0.717) is 11.5 Å². The fourth-order valence-corrected chi connectivity index (χ4v) is 1.47. The number of hydrogen-bond donors (Lipinski definition) is 2. The first-order valence-electron chi connectivity index (χ1n) is 4.27. The first kappa shape index (κ1) is 8.26. The molecule has 0 unspecified atom stereocenters. The van der Waals surface area contributed by atoms with Gasteiger partial charge in [-0.2, -0.15) is 0 Å². The highest BCUT2D eigenvalue weighted by atomic mass is 16.4. The summed E-state index contributed by atoms with van der Waals surface area (Å²) >= 11 is 0. The molecule has 0 radical (unpaired) electrons. The van der Waals surface area contributed by atoms with Gasteiger partial charge in [0.2, 0.25) is 0 Å². The lowest BCUT2D eigenvalue weighted by Gasteiger charge is -1.98. The van der Waals surface area contributed by atoms with Crippen molar-refractivity contribution in [1.82, 2.24) is 0 Å². The highest BCUT2D eigenvalue weighted by molar-refractivity contribution is 5.87. The average molecular weight is 177 g/mol. The van der Waals surface area contributed by atoms with Gasteiger partial charge in [-0.1, -0.05) is 12.1 Å². The van der Waals surface area contributed by atoms with E-state index in [-0.39, 0.29) is 6.04 Å². The van der Waals surface area contributed by atoms with Gasteiger partial charge >= 0.3 is 5.97 Å². The minimum absolute atomic E-state index is 0.274. The smallest absolute Gasteiger partial charge is 0.335 e. The van der Waals surface area contributed by atoms with Crippen molar-refractivity contribution in [2.24, 2.45) is 5.73 Å². The molecule has 3 nitrogen and oxygen atoms in total. The fourth-order valence-electron chi connectivity index (χ4n) is 1.47. The fraction of sp³-hybridized carbons (Fsp3) is 0.300. The first-order valence-corrected chi connectivity index (χ1v) is 4.27. The van der Waals surface area contributed by atoms with Crippen molar-refractivity contribution >= 4 is 5.97 Å². The third-order valence-electron chi connectivity index (χ3n) is 2.43. The zero-order valence-corrected chi connectivity index (χ0v) is 7.10. The lowest BCUT2D eigenvalue weighted by atomic mass is 10.1. The maximum absolute atomic E-state index is 10.5. The molecular formula is C10H11NO2. The standard InChI is InChI=1S/C10H11NO2/c11-9-5-8(9)6-1-3-7(4-2-6)10(12)13/h1-4,8-9H,5,11H2,(H,12,13)/t8-,9-/m0/s1. The second-order valence-electron chi connectivity index (χ2n) is 3.43. The van der Waals surface area contributed by atoms with E-state index in [9.17, 15) is 4.79 Å². The lowest BCUT2D eigenvalue weighted by Crippen LogP contribution is -2.01. The molecule has 68 valence electrons. The number of hydrogen-bond acceptors (Lipinski definition) is 2. The van der Waals surface area contributed by atoms with Crippen molar-refractivity contribution in [2.75, 3.05) is 0 Å². The number of aromatic carboxylic acids is 1. The molecule has 1 fully saturated rings. The van der Waals surface area contributed by atoms with Crippen molar-refractivity contribution < 1.29 is 9.90 Å². The Kier molecular flexibility index (Phi) is 1.81. The topological polar surface area (TPSA) is 63.3 Å². The van der Waals surface area contributed by atoms with Crippen LogP contribution in [0.1, 0.15) is 28.3 Å². The second-order valence-corrected chi connectivity index (χ2v) is 3.43. The summed E-state index contributed by atoms with van der Waals surface area (Å²) in [5.74, 6) is -0.436. The summed E-state index contributed by atoms with van der Waals surface area (Å²) in [7, 11) is 0. The molecular weight excluding hydrogens is 166 g/mol. The highest BCUT2D eigenvalue weighted by Crippen LogP contribution is 2.38. The molecule has 0 aliphatic heterocycles. The molecule has 3 N–H and O–H groups in total. The quantitative estimate of drug-likeness (QED) is 0.713. The van der Waals surface area contributed by atoms with Crippen LogP contribution in [0.3, 0.4) is 0 Å². The summed E-state index contributed by atoms with van der Waals surface area (Å²) in [6.07, 6.45) is 1.02. The van der Waals surface area contributed by atoms with Crippen LogP contribution < -0.4 is 5.73 Å². The van der Waals surface area contributed by atoms with Crippen molar-refractivity contribution in [3.8, 4) is 0 Å². The molecule has 0 aromatic heterocycles. The van der Waals surface area contributed by atoms with Crippen LogP contribution in [0.4, 0.5) is 0 Å². The molecule has 3 heteroatoms. The van der Waals surface area contributed by atoms with Crippen LogP contribution in [0.25, 0.3) is 0 Å². The number of benzene rings is 1. The summed E-state index contributed by atoms with van der Waals surface area (Å²) < 4.78 is 0. The highest BCUT2D eigenvalue weighted by Gasteiger charge is 2.34. The Hall–Kier alpha value is -1.35. The van der Waals surface area contributed by atoms with Crippen LogP contribution in [-0.2, 0) is 0 Å². The van der Waals surface area contributed by atoms with Gasteiger partial charge in [0.1, 0.15) is 0 Å². The molecule has 0 heterocycles. The molecule has 0 bridgehead atoms. The molecule has 1 aliphatic rings. The SMILES string of the molecule is N[C@H]1C[C@H]1c1ccc(C(=O)O)cc1. The predicted molar refractivity (Wildman–Crippen MR) is 48.7 cm³/mol. The van der Waals surface area contributed by atoms with Crippen molar-refractivity contribution in [3.05, 3.63) is 35.4 Å². The zero-order chi connectivity index (χ0) is 9.42.